The van der Waals surface area contributed by atoms with Gasteiger partial charge < -0.3 is 4.57 Å². The van der Waals surface area contributed by atoms with Crippen molar-refractivity contribution in [2.24, 2.45) is 0 Å². The Morgan fingerprint density at radius 1 is 1.00 bits per heavy atom. The third kappa shape index (κ3) is 2.04. The molecule has 21 heavy (non-hydrogen) atoms. The monoisotopic (exact) mass is 292 g/mol. The molecule has 0 N–H and O–H groups in total. The first-order valence-corrected chi connectivity index (χ1v) is 7.55. The minimum absolute atomic E-state index is 0.0236. The number of hydrogen-bond acceptors (Lipinski definition) is 3. The molecule has 0 saturated carbocycles. The first-order chi connectivity index (χ1) is 10.3. The fourth-order valence-corrected chi connectivity index (χ4v) is 3.48. The largest absolute Gasteiger partial charge is 0.325 e. The zero-order valence-electron chi connectivity index (χ0n) is 11.2. The van der Waals surface area contributed by atoms with Gasteiger partial charge in [0.1, 0.15) is 5.52 Å². The van der Waals surface area contributed by atoms with E-state index in [9.17, 15) is 4.79 Å². The minimum Gasteiger partial charge on any atom is -0.325 e. The summed E-state index contributed by atoms with van der Waals surface area (Å²) >= 11 is 1.26. The second kappa shape index (κ2) is 4.82. The van der Waals surface area contributed by atoms with E-state index in [1.807, 2.05) is 36.4 Å². The van der Waals surface area contributed by atoms with E-state index in [0.29, 0.717) is 5.52 Å². The van der Waals surface area contributed by atoms with E-state index in [4.69, 9.17) is 0 Å². The molecule has 2 aromatic heterocycles. The third-order valence-electron chi connectivity index (χ3n) is 3.57. The van der Waals surface area contributed by atoms with E-state index < -0.39 is 0 Å². The Kier molecular flexibility index (Phi) is 2.82. The number of benzene rings is 2. The van der Waals surface area contributed by atoms with Gasteiger partial charge in [0.15, 0.2) is 0 Å². The summed E-state index contributed by atoms with van der Waals surface area (Å²) in [5.74, 6) is 0. The maximum atomic E-state index is 12.2. The molecule has 0 fully saturated rings. The molecule has 4 aromatic rings. The fraction of sp³-hybridized carbons (Fsp3) is 0.0588. The van der Waals surface area contributed by atoms with Crippen LogP contribution in [-0.4, -0.2) is 9.55 Å². The Bertz CT molecular complexity index is 986. The highest BCUT2D eigenvalue weighted by Crippen LogP contribution is 2.25. The molecule has 0 aliphatic rings. The molecule has 0 saturated heterocycles. The molecular weight excluding hydrogens is 280 g/mol. The lowest BCUT2D eigenvalue weighted by Crippen LogP contribution is -2.00. The Hall–Kier alpha value is -2.46. The fourth-order valence-electron chi connectivity index (χ4n) is 2.61. The van der Waals surface area contributed by atoms with E-state index >= 15 is 0 Å². The molecule has 2 heterocycles. The van der Waals surface area contributed by atoms with Crippen molar-refractivity contribution >= 4 is 32.5 Å². The molecule has 0 bridgehead atoms. The van der Waals surface area contributed by atoms with Crippen molar-refractivity contribution in [3.63, 3.8) is 0 Å². The van der Waals surface area contributed by atoms with Gasteiger partial charge in [-0.2, -0.15) is 0 Å². The maximum absolute atomic E-state index is 12.2. The SMILES string of the molecule is O=c1sc2ccccc2c2c1ncn2Cc1ccccc1. The van der Waals surface area contributed by atoms with Crippen LogP contribution in [0, 0.1) is 0 Å². The number of aromatic nitrogens is 2. The Labute approximate surface area is 125 Å². The van der Waals surface area contributed by atoms with Crippen LogP contribution in [0.5, 0.6) is 0 Å². The lowest BCUT2D eigenvalue weighted by molar-refractivity contribution is 0.827. The van der Waals surface area contributed by atoms with Crippen molar-refractivity contribution in [2.75, 3.05) is 0 Å². The van der Waals surface area contributed by atoms with Crippen LogP contribution in [0.3, 0.4) is 0 Å². The van der Waals surface area contributed by atoms with Crippen molar-refractivity contribution in [1.82, 2.24) is 9.55 Å². The standard InChI is InChI=1S/C17H12N2OS/c20-17-15-16(13-8-4-5-9-14(13)21-17)19(11-18-15)10-12-6-2-1-3-7-12/h1-9,11H,10H2. The molecule has 102 valence electrons. The van der Waals surface area contributed by atoms with E-state index in [2.05, 4.69) is 27.8 Å². The average molecular weight is 292 g/mol. The van der Waals surface area contributed by atoms with Crippen LogP contribution >= 0.6 is 11.3 Å². The lowest BCUT2D eigenvalue weighted by atomic mass is 10.2. The van der Waals surface area contributed by atoms with Crippen LogP contribution in [0.15, 0.2) is 65.7 Å². The average Bonchev–Trinajstić information content (AvgIpc) is 2.93. The molecule has 0 spiro atoms. The summed E-state index contributed by atoms with van der Waals surface area (Å²) in [7, 11) is 0. The maximum Gasteiger partial charge on any atom is 0.260 e. The molecule has 0 atom stereocenters. The molecule has 0 aliphatic carbocycles. The Morgan fingerprint density at radius 2 is 1.76 bits per heavy atom. The molecular formula is C17H12N2OS. The van der Waals surface area contributed by atoms with E-state index in [1.54, 1.807) is 6.33 Å². The summed E-state index contributed by atoms with van der Waals surface area (Å²) in [4.78, 5) is 16.5. The van der Waals surface area contributed by atoms with Crippen molar-refractivity contribution in [1.29, 1.82) is 0 Å². The molecule has 0 unspecified atom stereocenters. The molecule has 4 heteroatoms. The number of imidazole rings is 1. The molecule has 4 rings (SSSR count). The van der Waals surface area contributed by atoms with Gasteiger partial charge in [0.2, 0.25) is 0 Å². The van der Waals surface area contributed by atoms with Gasteiger partial charge in [-0.05, 0) is 11.6 Å². The van der Waals surface area contributed by atoms with Crippen molar-refractivity contribution in [3.8, 4) is 0 Å². The Morgan fingerprint density at radius 3 is 2.62 bits per heavy atom. The van der Waals surface area contributed by atoms with Crippen LogP contribution in [0.2, 0.25) is 0 Å². The molecule has 0 aliphatic heterocycles. The van der Waals surface area contributed by atoms with Gasteiger partial charge >= 0.3 is 0 Å². The number of hydrogen-bond donors (Lipinski definition) is 0. The van der Waals surface area contributed by atoms with Crippen LogP contribution < -0.4 is 4.74 Å². The highest BCUT2D eigenvalue weighted by Gasteiger charge is 2.11. The van der Waals surface area contributed by atoms with Crippen molar-refractivity contribution in [2.45, 2.75) is 6.54 Å². The van der Waals surface area contributed by atoms with Gasteiger partial charge in [0.25, 0.3) is 4.74 Å². The van der Waals surface area contributed by atoms with Gasteiger partial charge in [-0.25, -0.2) is 4.98 Å². The molecule has 0 radical (unpaired) electrons. The summed E-state index contributed by atoms with van der Waals surface area (Å²) in [5.41, 5.74) is 2.69. The summed E-state index contributed by atoms with van der Waals surface area (Å²) in [6.45, 7) is 0.718. The molecule has 3 nitrogen and oxygen atoms in total. The second-order valence-electron chi connectivity index (χ2n) is 4.94. The summed E-state index contributed by atoms with van der Waals surface area (Å²) < 4.78 is 3.08. The van der Waals surface area contributed by atoms with Crippen LogP contribution in [0.4, 0.5) is 0 Å². The van der Waals surface area contributed by atoms with Gasteiger partial charge in [-0.15, -0.1) is 0 Å². The second-order valence-corrected chi connectivity index (χ2v) is 5.96. The molecule has 2 aromatic carbocycles. The normalized spacial score (nSPS) is 11.2. The number of nitrogens with zero attached hydrogens (tertiary/aromatic N) is 2. The Balaban J connectivity index is 2.00. The third-order valence-corrected chi connectivity index (χ3v) is 4.53. The van der Waals surface area contributed by atoms with Gasteiger partial charge in [-0.1, -0.05) is 59.9 Å². The van der Waals surface area contributed by atoms with E-state index in [1.165, 1.54) is 16.9 Å². The van der Waals surface area contributed by atoms with Crippen molar-refractivity contribution < 1.29 is 0 Å². The van der Waals surface area contributed by atoms with Crippen molar-refractivity contribution in [3.05, 3.63) is 76.0 Å². The predicted molar refractivity (Wildman–Crippen MR) is 86.9 cm³/mol. The highest BCUT2D eigenvalue weighted by molar-refractivity contribution is 7.16. The zero-order valence-corrected chi connectivity index (χ0v) is 12.0. The summed E-state index contributed by atoms with van der Waals surface area (Å²) in [6.07, 6.45) is 1.76. The minimum atomic E-state index is 0.0236. The lowest BCUT2D eigenvalue weighted by Gasteiger charge is -2.06. The van der Waals surface area contributed by atoms with Gasteiger partial charge in [-0.3, -0.25) is 4.79 Å². The van der Waals surface area contributed by atoms with Gasteiger partial charge in [0, 0.05) is 16.6 Å². The van der Waals surface area contributed by atoms with Crippen LogP contribution in [0.1, 0.15) is 5.56 Å². The van der Waals surface area contributed by atoms with Crippen LogP contribution in [-0.2, 0) is 6.54 Å². The van der Waals surface area contributed by atoms with E-state index in [0.717, 1.165) is 22.1 Å². The number of rotatable bonds is 2. The zero-order chi connectivity index (χ0) is 14.2. The topological polar surface area (TPSA) is 34.9 Å². The summed E-state index contributed by atoms with van der Waals surface area (Å²) in [5, 5.41) is 1.09. The highest BCUT2D eigenvalue weighted by atomic mass is 32.1. The van der Waals surface area contributed by atoms with E-state index in [-0.39, 0.29) is 4.74 Å². The first kappa shape index (κ1) is 12.3. The molecule has 0 amide bonds. The quantitative estimate of drug-likeness (QED) is 0.565. The van der Waals surface area contributed by atoms with Crippen LogP contribution in [0.25, 0.3) is 21.1 Å². The first-order valence-electron chi connectivity index (χ1n) is 6.73. The predicted octanol–water partition coefficient (Wildman–Crippen LogP) is 3.66. The van der Waals surface area contributed by atoms with Gasteiger partial charge in [0.05, 0.1) is 11.8 Å². The summed E-state index contributed by atoms with van der Waals surface area (Å²) in [6, 6.07) is 18.2. The smallest absolute Gasteiger partial charge is 0.260 e. The number of fused-ring (bicyclic) bond motifs is 3.